The van der Waals surface area contributed by atoms with Crippen LogP contribution in [0.3, 0.4) is 0 Å². The fourth-order valence-electron chi connectivity index (χ4n) is 1.78. The van der Waals surface area contributed by atoms with Gasteiger partial charge in [0.25, 0.3) is 0 Å². The molecular weight excluding hydrogens is 313 g/mol. The maximum Gasteiger partial charge on any atom is 0.173 e. The van der Waals surface area contributed by atoms with Gasteiger partial charge in [0.1, 0.15) is 18.0 Å². The van der Waals surface area contributed by atoms with Gasteiger partial charge < -0.3 is 0 Å². The molecule has 19 heavy (non-hydrogen) atoms. The van der Waals surface area contributed by atoms with Crippen molar-refractivity contribution >= 4 is 21.7 Å². The predicted octanol–water partition coefficient (Wildman–Crippen LogP) is 3.19. The third-order valence-corrected chi connectivity index (χ3v) is 3.18. The van der Waals surface area contributed by atoms with E-state index in [1.54, 1.807) is 10.7 Å². The molecule has 1 aromatic heterocycles. The molecular formula is C13H13BrFN3O. The van der Waals surface area contributed by atoms with Crippen molar-refractivity contribution < 1.29 is 9.18 Å². The molecule has 0 spiro atoms. The average Bonchev–Trinajstić information content (AvgIpc) is 2.80. The van der Waals surface area contributed by atoms with Gasteiger partial charge in [-0.1, -0.05) is 15.9 Å². The molecule has 0 fully saturated rings. The summed E-state index contributed by atoms with van der Waals surface area (Å²) >= 11 is 3.23. The van der Waals surface area contributed by atoms with Gasteiger partial charge in [0.05, 0.1) is 12.0 Å². The van der Waals surface area contributed by atoms with Gasteiger partial charge >= 0.3 is 0 Å². The molecule has 1 aromatic carbocycles. The molecule has 0 saturated carbocycles. The van der Waals surface area contributed by atoms with Crippen molar-refractivity contribution in [3.8, 4) is 0 Å². The molecule has 0 saturated heterocycles. The summed E-state index contributed by atoms with van der Waals surface area (Å²) in [7, 11) is 0. The highest BCUT2D eigenvalue weighted by Crippen LogP contribution is 2.17. The van der Waals surface area contributed by atoms with E-state index in [0.29, 0.717) is 10.3 Å². The Morgan fingerprint density at radius 3 is 2.89 bits per heavy atom. The van der Waals surface area contributed by atoms with Gasteiger partial charge in [-0.05, 0) is 32.0 Å². The second-order valence-corrected chi connectivity index (χ2v) is 5.35. The number of benzene rings is 1. The van der Waals surface area contributed by atoms with Gasteiger partial charge in [-0.25, -0.2) is 14.1 Å². The summed E-state index contributed by atoms with van der Waals surface area (Å²) in [6, 6.07) is 4.42. The summed E-state index contributed by atoms with van der Waals surface area (Å²) in [4.78, 5) is 16.2. The highest BCUT2D eigenvalue weighted by molar-refractivity contribution is 9.10. The van der Waals surface area contributed by atoms with Gasteiger partial charge in [-0.2, -0.15) is 5.10 Å². The fourth-order valence-corrected chi connectivity index (χ4v) is 2.14. The van der Waals surface area contributed by atoms with Gasteiger partial charge in [0, 0.05) is 10.5 Å². The molecule has 0 aliphatic heterocycles. The maximum atomic E-state index is 13.6. The number of ketones is 1. The van der Waals surface area contributed by atoms with Crippen LogP contribution in [0.2, 0.25) is 0 Å². The number of Topliss-reactive ketones (excluding diaryl/α,β-unsaturated/α-hetero) is 1. The standard InChI is InChI=1S/C13H13BrFN3O/c1-8(2)18-13(16-7-17-18)6-12(19)10-5-9(14)3-4-11(10)15/h3-5,7-8H,6H2,1-2H3. The fraction of sp³-hybridized carbons (Fsp3) is 0.308. The van der Waals surface area contributed by atoms with E-state index in [0.717, 1.165) is 0 Å². The summed E-state index contributed by atoms with van der Waals surface area (Å²) in [6.07, 6.45) is 1.44. The van der Waals surface area contributed by atoms with E-state index in [4.69, 9.17) is 0 Å². The molecule has 1 heterocycles. The zero-order valence-electron chi connectivity index (χ0n) is 10.6. The normalized spacial score (nSPS) is 11.0. The molecule has 0 aliphatic carbocycles. The van der Waals surface area contributed by atoms with E-state index in [1.807, 2.05) is 13.8 Å². The van der Waals surface area contributed by atoms with Crippen LogP contribution in [0, 0.1) is 5.82 Å². The third kappa shape index (κ3) is 3.07. The SMILES string of the molecule is CC(C)n1ncnc1CC(=O)c1cc(Br)ccc1F. The number of nitrogens with zero attached hydrogens (tertiary/aromatic N) is 3. The zero-order valence-corrected chi connectivity index (χ0v) is 12.2. The molecule has 0 radical (unpaired) electrons. The van der Waals surface area contributed by atoms with Crippen LogP contribution in [0.1, 0.15) is 36.1 Å². The minimum Gasteiger partial charge on any atom is -0.294 e. The maximum absolute atomic E-state index is 13.6. The van der Waals surface area contributed by atoms with Crippen LogP contribution in [0.15, 0.2) is 29.0 Å². The van der Waals surface area contributed by atoms with Crippen LogP contribution in [-0.2, 0) is 6.42 Å². The minimum atomic E-state index is -0.524. The van der Waals surface area contributed by atoms with Crippen LogP contribution in [0.4, 0.5) is 4.39 Å². The summed E-state index contributed by atoms with van der Waals surface area (Å²) in [6.45, 7) is 3.89. The summed E-state index contributed by atoms with van der Waals surface area (Å²) < 4.78 is 16.0. The van der Waals surface area contributed by atoms with Crippen molar-refractivity contribution in [2.24, 2.45) is 0 Å². The molecule has 0 N–H and O–H groups in total. The molecule has 2 aromatic rings. The first-order valence-electron chi connectivity index (χ1n) is 5.85. The highest BCUT2D eigenvalue weighted by atomic mass is 79.9. The average molecular weight is 326 g/mol. The van der Waals surface area contributed by atoms with Crippen LogP contribution in [-0.4, -0.2) is 20.5 Å². The van der Waals surface area contributed by atoms with Crippen LogP contribution < -0.4 is 0 Å². The van der Waals surface area contributed by atoms with Crippen molar-refractivity contribution in [2.75, 3.05) is 0 Å². The Morgan fingerprint density at radius 1 is 1.47 bits per heavy atom. The summed E-state index contributed by atoms with van der Waals surface area (Å²) in [5, 5.41) is 4.05. The molecule has 2 rings (SSSR count). The monoisotopic (exact) mass is 325 g/mol. The van der Waals surface area contributed by atoms with Crippen molar-refractivity contribution in [1.82, 2.24) is 14.8 Å². The number of rotatable bonds is 4. The van der Waals surface area contributed by atoms with E-state index in [2.05, 4.69) is 26.0 Å². The van der Waals surface area contributed by atoms with Crippen molar-refractivity contribution in [2.45, 2.75) is 26.3 Å². The smallest absolute Gasteiger partial charge is 0.173 e. The predicted molar refractivity (Wildman–Crippen MR) is 72.5 cm³/mol. The Bertz CT molecular complexity index is 610. The summed E-state index contributed by atoms with van der Waals surface area (Å²) in [5.41, 5.74) is 0.0627. The van der Waals surface area contributed by atoms with Gasteiger partial charge in [-0.3, -0.25) is 4.79 Å². The van der Waals surface area contributed by atoms with E-state index in [-0.39, 0.29) is 23.8 Å². The lowest BCUT2D eigenvalue weighted by atomic mass is 10.1. The van der Waals surface area contributed by atoms with Crippen molar-refractivity contribution in [1.29, 1.82) is 0 Å². The molecule has 0 bridgehead atoms. The zero-order chi connectivity index (χ0) is 14.0. The highest BCUT2D eigenvalue weighted by Gasteiger charge is 2.17. The Kier molecular flexibility index (Phi) is 4.09. The lowest BCUT2D eigenvalue weighted by Crippen LogP contribution is -2.14. The number of hydrogen-bond acceptors (Lipinski definition) is 3. The van der Waals surface area contributed by atoms with E-state index in [1.165, 1.54) is 18.5 Å². The number of aromatic nitrogens is 3. The first kappa shape index (κ1) is 13.9. The van der Waals surface area contributed by atoms with E-state index in [9.17, 15) is 9.18 Å². The number of halogens is 2. The molecule has 0 unspecified atom stereocenters. The molecule has 6 heteroatoms. The van der Waals surface area contributed by atoms with Crippen LogP contribution >= 0.6 is 15.9 Å². The molecule has 4 nitrogen and oxygen atoms in total. The Morgan fingerprint density at radius 2 is 2.21 bits per heavy atom. The van der Waals surface area contributed by atoms with Gasteiger partial charge in [0.15, 0.2) is 5.78 Å². The number of carbonyl (C=O) groups is 1. The van der Waals surface area contributed by atoms with E-state index >= 15 is 0 Å². The minimum absolute atomic E-state index is 0.0333. The number of carbonyl (C=O) groups excluding carboxylic acids is 1. The van der Waals surface area contributed by atoms with Crippen molar-refractivity contribution in [3.05, 3.63) is 46.2 Å². The van der Waals surface area contributed by atoms with Gasteiger partial charge in [0.2, 0.25) is 0 Å². The Hall–Kier alpha value is -1.56. The topological polar surface area (TPSA) is 47.8 Å². The number of hydrogen-bond donors (Lipinski definition) is 0. The Balaban J connectivity index is 2.26. The van der Waals surface area contributed by atoms with Gasteiger partial charge in [-0.15, -0.1) is 0 Å². The molecule has 0 amide bonds. The molecule has 100 valence electrons. The lowest BCUT2D eigenvalue weighted by Gasteiger charge is -2.09. The van der Waals surface area contributed by atoms with Crippen LogP contribution in [0.5, 0.6) is 0 Å². The third-order valence-electron chi connectivity index (χ3n) is 2.68. The largest absolute Gasteiger partial charge is 0.294 e. The molecule has 0 aliphatic rings. The quantitative estimate of drug-likeness (QED) is 0.811. The van der Waals surface area contributed by atoms with Crippen molar-refractivity contribution in [3.63, 3.8) is 0 Å². The molecule has 0 atom stereocenters. The summed E-state index contributed by atoms with van der Waals surface area (Å²) in [5.74, 6) is -0.295. The van der Waals surface area contributed by atoms with E-state index < -0.39 is 5.82 Å². The second kappa shape index (κ2) is 5.61. The van der Waals surface area contributed by atoms with Crippen LogP contribution in [0.25, 0.3) is 0 Å². The first-order chi connectivity index (χ1) is 8.99. The lowest BCUT2D eigenvalue weighted by molar-refractivity contribution is 0.0985. The first-order valence-corrected chi connectivity index (χ1v) is 6.65. The second-order valence-electron chi connectivity index (χ2n) is 4.44. The Labute approximate surface area is 118 Å².